The van der Waals surface area contributed by atoms with Crippen molar-refractivity contribution in [3.8, 4) is 0 Å². The van der Waals surface area contributed by atoms with Crippen LogP contribution in [0.15, 0.2) is 6.20 Å². The Balaban J connectivity index is 1.85. The van der Waals surface area contributed by atoms with Gasteiger partial charge in [0.2, 0.25) is 0 Å². The van der Waals surface area contributed by atoms with E-state index in [4.69, 9.17) is 0 Å². The van der Waals surface area contributed by atoms with Gasteiger partial charge in [0.15, 0.2) is 5.82 Å². The second-order valence-corrected chi connectivity index (χ2v) is 3.55. The SMILES string of the molecule is CCCCCCCCNc1c[nH]nn1. The molecule has 2 N–H and O–H groups in total. The molecule has 0 atom stereocenters. The zero-order chi connectivity index (χ0) is 10.1. The molecule has 1 rings (SSSR count). The molecule has 0 aliphatic heterocycles. The van der Waals surface area contributed by atoms with Crippen molar-refractivity contribution in [3.63, 3.8) is 0 Å². The van der Waals surface area contributed by atoms with Crippen molar-refractivity contribution in [1.29, 1.82) is 0 Å². The van der Waals surface area contributed by atoms with Crippen LogP contribution >= 0.6 is 0 Å². The minimum Gasteiger partial charge on any atom is -0.367 e. The van der Waals surface area contributed by atoms with Crippen LogP contribution in [0.25, 0.3) is 0 Å². The van der Waals surface area contributed by atoms with Crippen molar-refractivity contribution in [2.75, 3.05) is 11.9 Å². The predicted octanol–water partition coefficient (Wildman–Crippen LogP) is 2.58. The summed E-state index contributed by atoms with van der Waals surface area (Å²) in [6, 6.07) is 0. The summed E-state index contributed by atoms with van der Waals surface area (Å²) >= 11 is 0. The van der Waals surface area contributed by atoms with Crippen molar-refractivity contribution < 1.29 is 0 Å². The molecule has 0 aliphatic carbocycles. The van der Waals surface area contributed by atoms with Gasteiger partial charge in [0.05, 0.1) is 6.20 Å². The van der Waals surface area contributed by atoms with Crippen LogP contribution in [-0.4, -0.2) is 22.0 Å². The van der Waals surface area contributed by atoms with Gasteiger partial charge in [-0.25, -0.2) is 0 Å². The molecule has 1 heterocycles. The third kappa shape index (κ3) is 4.84. The number of anilines is 1. The average molecular weight is 196 g/mol. The highest BCUT2D eigenvalue weighted by Crippen LogP contribution is 2.05. The van der Waals surface area contributed by atoms with Gasteiger partial charge in [0.1, 0.15) is 0 Å². The molecule has 0 aliphatic rings. The smallest absolute Gasteiger partial charge is 0.168 e. The summed E-state index contributed by atoms with van der Waals surface area (Å²) in [4.78, 5) is 0. The van der Waals surface area contributed by atoms with Crippen LogP contribution in [0.4, 0.5) is 5.82 Å². The summed E-state index contributed by atoms with van der Waals surface area (Å²) < 4.78 is 0. The maximum Gasteiger partial charge on any atom is 0.168 e. The molecule has 4 nitrogen and oxygen atoms in total. The lowest BCUT2D eigenvalue weighted by Crippen LogP contribution is -2.01. The van der Waals surface area contributed by atoms with E-state index in [-0.39, 0.29) is 0 Å². The molecule has 0 saturated carbocycles. The molecule has 0 bridgehead atoms. The van der Waals surface area contributed by atoms with E-state index in [1.807, 2.05) is 0 Å². The van der Waals surface area contributed by atoms with Crippen LogP contribution in [0.1, 0.15) is 45.4 Å². The second kappa shape index (κ2) is 7.35. The first kappa shape index (κ1) is 11.0. The number of aromatic amines is 1. The Morgan fingerprint density at radius 1 is 1.21 bits per heavy atom. The molecular formula is C10H20N4. The maximum atomic E-state index is 3.85. The van der Waals surface area contributed by atoms with E-state index in [1.54, 1.807) is 6.20 Å². The highest BCUT2D eigenvalue weighted by Gasteiger charge is 1.93. The summed E-state index contributed by atoms with van der Waals surface area (Å²) in [6.07, 6.45) is 9.72. The number of H-pyrrole nitrogens is 1. The minimum atomic E-state index is 0.846. The lowest BCUT2D eigenvalue weighted by atomic mass is 10.1. The van der Waals surface area contributed by atoms with E-state index in [2.05, 4.69) is 27.7 Å². The van der Waals surface area contributed by atoms with Crippen molar-refractivity contribution in [2.45, 2.75) is 45.4 Å². The van der Waals surface area contributed by atoms with Crippen molar-refractivity contribution >= 4 is 5.82 Å². The first-order valence-corrected chi connectivity index (χ1v) is 5.54. The second-order valence-electron chi connectivity index (χ2n) is 3.55. The molecule has 4 heteroatoms. The summed E-state index contributed by atoms with van der Waals surface area (Å²) in [6.45, 7) is 3.24. The number of aromatic nitrogens is 3. The molecule has 1 aromatic heterocycles. The van der Waals surface area contributed by atoms with Crippen molar-refractivity contribution in [3.05, 3.63) is 6.20 Å². The van der Waals surface area contributed by atoms with E-state index in [1.165, 1.54) is 38.5 Å². The van der Waals surface area contributed by atoms with Gasteiger partial charge in [-0.1, -0.05) is 44.2 Å². The Morgan fingerprint density at radius 3 is 2.71 bits per heavy atom. The van der Waals surface area contributed by atoms with E-state index in [9.17, 15) is 0 Å². The third-order valence-corrected chi connectivity index (χ3v) is 2.25. The van der Waals surface area contributed by atoms with Gasteiger partial charge in [-0.3, -0.25) is 5.10 Å². The monoisotopic (exact) mass is 196 g/mol. The predicted molar refractivity (Wildman–Crippen MR) is 58.2 cm³/mol. The number of unbranched alkanes of at least 4 members (excludes halogenated alkanes) is 5. The maximum absolute atomic E-state index is 3.85. The number of nitrogens with one attached hydrogen (secondary N) is 2. The van der Waals surface area contributed by atoms with Gasteiger partial charge in [-0.2, -0.15) is 0 Å². The Morgan fingerprint density at radius 2 is 2.00 bits per heavy atom. The Labute approximate surface area is 85.5 Å². The molecule has 0 spiro atoms. The fourth-order valence-corrected chi connectivity index (χ4v) is 1.41. The van der Waals surface area contributed by atoms with E-state index in [0.717, 1.165) is 12.4 Å². The molecule has 0 aromatic carbocycles. The summed E-state index contributed by atoms with van der Waals surface area (Å²) in [5.41, 5.74) is 0. The summed E-state index contributed by atoms with van der Waals surface area (Å²) in [5.74, 6) is 0.846. The highest BCUT2D eigenvalue weighted by molar-refractivity contribution is 5.27. The van der Waals surface area contributed by atoms with Gasteiger partial charge in [-0.15, -0.1) is 5.10 Å². The molecule has 1 aromatic rings. The number of hydrogen-bond acceptors (Lipinski definition) is 3. The number of rotatable bonds is 8. The fraction of sp³-hybridized carbons (Fsp3) is 0.800. The molecule has 0 saturated heterocycles. The molecular weight excluding hydrogens is 176 g/mol. The van der Waals surface area contributed by atoms with Crippen LogP contribution in [-0.2, 0) is 0 Å². The average Bonchev–Trinajstić information content (AvgIpc) is 2.69. The molecule has 0 amide bonds. The van der Waals surface area contributed by atoms with Gasteiger partial charge in [-0.05, 0) is 6.42 Å². The molecule has 14 heavy (non-hydrogen) atoms. The third-order valence-electron chi connectivity index (χ3n) is 2.25. The van der Waals surface area contributed by atoms with Crippen molar-refractivity contribution in [2.24, 2.45) is 0 Å². The first-order valence-electron chi connectivity index (χ1n) is 5.54. The number of hydrogen-bond donors (Lipinski definition) is 2. The zero-order valence-corrected chi connectivity index (χ0v) is 8.92. The largest absolute Gasteiger partial charge is 0.367 e. The van der Waals surface area contributed by atoms with Crippen LogP contribution in [0.2, 0.25) is 0 Å². The Hall–Kier alpha value is -1.06. The molecule has 0 fully saturated rings. The van der Waals surface area contributed by atoms with Gasteiger partial charge < -0.3 is 5.32 Å². The first-order chi connectivity index (χ1) is 6.93. The standard InChI is InChI=1S/C10H20N4/c1-2-3-4-5-6-7-8-11-10-9-12-14-13-10/h9H,2-8H2,1H3,(H2,11,12,13,14). The lowest BCUT2D eigenvalue weighted by molar-refractivity contribution is 0.617. The summed E-state index contributed by atoms with van der Waals surface area (Å²) in [5, 5.41) is 13.4. The van der Waals surface area contributed by atoms with Crippen LogP contribution in [0, 0.1) is 0 Å². The topological polar surface area (TPSA) is 53.6 Å². The molecule has 80 valence electrons. The number of nitrogens with zero attached hydrogens (tertiary/aromatic N) is 2. The highest BCUT2D eigenvalue weighted by atomic mass is 15.3. The molecule has 0 radical (unpaired) electrons. The minimum absolute atomic E-state index is 0.846. The molecule has 0 unspecified atom stereocenters. The van der Waals surface area contributed by atoms with Crippen molar-refractivity contribution in [1.82, 2.24) is 15.4 Å². The van der Waals surface area contributed by atoms with E-state index < -0.39 is 0 Å². The van der Waals surface area contributed by atoms with Crippen LogP contribution in [0.5, 0.6) is 0 Å². The lowest BCUT2D eigenvalue weighted by Gasteiger charge is -2.01. The van der Waals surface area contributed by atoms with Crippen LogP contribution in [0.3, 0.4) is 0 Å². The fourth-order valence-electron chi connectivity index (χ4n) is 1.41. The van der Waals surface area contributed by atoms with Crippen LogP contribution < -0.4 is 5.32 Å². The van der Waals surface area contributed by atoms with E-state index in [0.29, 0.717) is 0 Å². The van der Waals surface area contributed by atoms with Gasteiger partial charge in [0.25, 0.3) is 0 Å². The van der Waals surface area contributed by atoms with Gasteiger partial charge >= 0.3 is 0 Å². The Bertz CT molecular complexity index is 208. The zero-order valence-electron chi connectivity index (χ0n) is 8.92. The summed E-state index contributed by atoms with van der Waals surface area (Å²) in [7, 11) is 0. The quantitative estimate of drug-likeness (QED) is 0.628. The van der Waals surface area contributed by atoms with Gasteiger partial charge in [0, 0.05) is 6.54 Å². The van der Waals surface area contributed by atoms with E-state index >= 15 is 0 Å². The normalized spacial score (nSPS) is 10.4. The Kier molecular flexibility index (Phi) is 5.79.